The molecule has 1 fully saturated rings. The van der Waals surface area contributed by atoms with Crippen LogP contribution in [0.1, 0.15) is 38.3 Å². The van der Waals surface area contributed by atoms with Crippen molar-refractivity contribution >= 4 is 22.5 Å². The largest absolute Gasteiger partial charge is 0.490 e. The molecule has 2 aromatic heterocycles. The number of fused-ring (bicyclic) bond motifs is 1. The molecule has 0 saturated heterocycles. The van der Waals surface area contributed by atoms with Crippen LogP contribution in [0.3, 0.4) is 0 Å². The van der Waals surface area contributed by atoms with Crippen molar-refractivity contribution < 1.29 is 9.84 Å². The normalized spacial score (nSPS) is 20.4. The highest BCUT2D eigenvalue weighted by Crippen LogP contribution is 2.32. The fourth-order valence-electron chi connectivity index (χ4n) is 4.04. The number of benzene rings is 1. The molecule has 3 aromatic rings. The minimum Gasteiger partial charge on any atom is -0.490 e. The van der Waals surface area contributed by atoms with Crippen molar-refractivity contribution in [1.29, 1.82) is 0 Å². The lowest BCUT2D eigenvalue weighted by atomic mass is 9.93. The number of aryl methyl sites for hydroxylation is 3. The maximum absolute atomic E-state index is 9.46. The van der Waals surface area contributed by atoms with Crippen LogP contribution in [0, 0.1) is 6.92 Å². The molecule has 8 nitrogen and oxygen atoms in total. The summed E-state index contributed by atoms with van der Waals surface area (Å²) < 4.78 is 10.2. The van der Waals surface area contributed by atoms with Gasteiger partial charge in [0.15, 0.2) is 5.82 Å². The Labute approximate surface area is 177 Å². The summed E-state index contributed by atoms with van der Waals surface area (Å²) in [6.45, 7) is 4.49. The summed E-state index contributed by atoms with van der Waals surface area (Å²) in [4.78, 5) is 4.56. The Hall–Kier alpha value is -2.58. The van der Waals surface area contributed by atoms with Crippen LogP contribution in [0.4, 0.5) is 11.5 Å². The molecule has 1 saturated carbocycles. The number of anilines is 2. The Balaban J connectivity index is 1.48. The summed E-state index contributed by atoms with van der Waals surface area (Å²) in [6.07, 6.45) is 5.84. The first-order valence-corrected chi connectivity index (χ1v) is 10.7. The summed E-state index contributed by atoms with van der Waals surface area (Å²) in [7, 11) is 3.93. The molecular weight excluding hydrogens is 380 g/mol. The van der Waals surface area contributed by atoms with Gasteiger partial charge < -0.3 is 25.0 Å². The van der Waals surface area contributed by atoms with Gasteiger partial charge in [-0.1, -0.05) is 0 Å². The van der Waals surface area contributed by atoms with E-state index in [9.17, 15) is 5.11 Å². The fraction of sp³-hybridized carbons (Fsp3) is 0.545. The molecule has 8 heteroatoms. The highest BCUT2D eigenvalue weighted by atomic mass is 16.5. The van der Waals surface area contributed by atoms with Gasteiger partial charge in [-0.25, -0.2) is 4.98 Å². The molecule has 162 valence electrons. The van der Waals surface area contributed by atoms with Crippen molar-refractivity contribution in [2.75, 3.05) is 11.9 Å². The highest BCUT2D eigenvalue weighted by molar-refractivity contribution is 5.91. The fourth-order valence-corrected chi connectivity index (χ4v) is 4.04. The number of nitrogens with zero attached hydrogens (tertiary/aromatic N) is 4. The zero-order valence-corrected chi connectivity index (χ0v) is 18.2. The summed E-state index contributed by atoms with van der Waals surface area (Å²) in [5.74, 6) is 1.64. The zero-order valence-electron chi connectivity index (χ0n) is 18.2. The van der Waals surface area contributed by atoms with Crippen molar-refractivity contribution in [2.45, 2.75) is 57.8 Å². The van der Waals surface area contributed by atoms with Crippen molar-refractivity contribution in [3.8, 4) is 5.75 Å². The van der Waals surface area contributed by atoms with Gasteiger partial charge in [-0.15, -0.1) is 0 Å². The average Bonchev–Trinajstić information content (AvgIpc) is 3.23. The second-order valence-corrected chi connectivity index (χ2v) is 8.46. The van der Waals surface area contributed by atoms with Crippen LogP contribution in [-0.4, -0.2) is 49.2 Å². The highest BCUT2D eigenvalue weighted by Gasteiger charge is 2.23. The zero-order chi connectivity index (χ0) is 21.3. The molecule has 0 aliphatic heterocycles. The lowest BCUT2D eigenvalue weighted by Crippen LogP contribution is -2.39. The van der Waals surface area contributed by atoms with Crippen LogP contribution < -0.4 is 15.4 Å². The third kappa shape index (κ3) is 4.60. The molecule has 1 atom stereocenters. The van der Waals surface area contributed by atoms with E-state index < -0.39 is 0 Å². The van der Waals surface area contributed by atoms with Crippen LogP contribution in [0.2, 0.25) is 0 Å². The second kappa shape index (κ2) is 8.65. The van der Waals surface area contributed by atoms with E-state index in [0.717, 1.165) is 59.7 Å². The van der Waals surface area contributed by atoms with Crippen molar-refractivity contribution in [3.63, 3.8) is 0 Å². The van der Waals surface area contributed by atoms with Crippen LogP contribution >= 0.6 is 0 Å². The number of hydrogen-bond acceptors (Lipinski definition) is 6. The predicted octanol–water partition coefficient (Wildman–Crippen LogP) is 3.02. The minimum atomic E-state index is -0.307. The van der Waals surface area contributed by atoms with E-state index in [2.05, 4.69) is 26.8 Å². The van der Waals surface area contributed by atoms with Gasteiger partial charge in [0.05, 0.1) is 29.7 Å². The number of hydrogen-bond donors (Lipinski definition) is 3. The standard InChI is InChI=1S/C22H32N6O2/c1-14-9-21(26-28(14)4)25-19-10-18(11-20-22(19)24-13-27(20)3)30-17-7-5-16(6-8-17)23-12-15(2)29/h9-11,13,15-17,23,29H,5-8,12H2,1-4H3,(H,25,26)/t15-,16-,17+/m1/s1. The average molecular weight is 413 g/mol. The van der Waals surface area contributed by atoms with Gasteiger partial charge in [0.1, 0.15) is 11.3 Å². The number of imidazole rings is 1. The molecule has 1 aliphatic rings. The molecule has 0 spiro atoms. The van der Waals surface area contributed by atoms with Gasteiger partial charge in [-0.2, -0.15) is 5.10 Å². The Kier molecular flexibility index (Phi) is 5.97. The Morgan fingerprint density at radius 2 is 1.97 bits per heavy atom. The minimum absolute atomic E-state index is 0.199. The molecule has 0 radical (unpaired) electrons. The number of aliphatic hydroxyl groups excluding tert-OH is 1. The van der Waals surface area contributed by atoms with Gasteiger partial charge in [-0.05, 0) is 39.5 Å². The molecule has 1 aromatic carbocycles. The summed E-state index contributed by atoms with van der Waals surface area (Å²) in [6, 6.07) is 6.57. The number of aliphatic hydroxyl groups is 1. The van der Waals surface area contributed by atoms with Crippen LogP contribution in [-0.2, 0) is 14.1 Å². The van der Waals surface area contributed by atoms with E-state index in [1.807, 2.05) is 55.7 Å². The molecule has 2 heterocycles. The molecule has 1 aliphatic carbocycles. The Morgan fingerprint density at radius 1 is 1.20 bits per heavy atom. The van der Waals surface area contributed by atoms with E-state index in [1.165, 1.54) is 0 Å². The van der Waals surface area contributed by atoms with Crippen LogP contribution in [0.15, 0.2) is 24.5 Å². The third-order valence-corrected chi connectivity index (χ3v) is 5.86. The van der Waals surface area contributed by atoms with Gasteiger partial charge in [0, 0.05) is 50.6 Å². The first-order valence-electron chi connectivity index (χ1n) is 10.7. The molecule has 3 N–H and O–H groups in total. The SMILES string of the molecule is Cc1cc(Nc2cc(O[C@H]3CC[C@@H](NC[C@@H](C)O)CC3)cc3c2ncn3C)nn1C. The van der Waals surface area contributed by atoms with Crippen molar-refractivity contribution in [1.82, 2.24) is 24.6 Å². The van der Waals surface area contributed by atoms with E-state index in [4.69, 9.17) is 4.74 Å². The molecule has 0 amide bonds. The molecular formula is C22H32N6O2. The summed E-state index contributed by atoms with van der Waals surface area (Å²) in [5, 5.41) is 20.8. The molecule has 30 heavy (non-hydrogen) atoms. The maximum Gasteiger partial charge on any atom is 0.152 e. The van der Waals surface area contributed by atoms with Gasteiger partial charge in [0.25, 0.3) is 0 Å². The van der Waals surface area contributed by atoms with Gasteiger partial charge in [0.2, 0.25) is 0 Å². The van der Waals surface area contributed by atoms with Gasteiger partial charge in [-0.3, -0.25) is 4.68 Å². The van der Waals surface area contributed by atoms with E-state index in [-0.39, 0.29) is 12.2 Å². The van der Waals surface area contributed by atoms with E-state index in [1.54, 1.807) is 0 Å². The number of rotatable bonds is 7. The van der Waals surface area contributed by atoms with E-state index in [0.29, 0.717) is 12.6 Å². The molecule has 0 bridgehead atoms. The quantitative estimate of drug-likeness (QED) is 0.553. The molecule has 4 rings (SSSR count). The monoisotopic (exact) mass is 412 g/mol. The summed E-state index contributed by atoms with van der Waals surface area (Å²) in [5.41, 5.74) is 3.91. The lowest BCUT2D eigenvalue weighted by Gasteiger charge is -2.30. The van der Waals surface area contributed by atoms with Crippen molar-refractivity contribution in [3.05, 3.63) is 30.2 Å². The van der Waals surface area contributed by atoms with Crippen LogP contribution in [0.5, 0.6) is 5.75 Å². The number of ether oxygens (including phenoxy) is 1. The molecule has 0 unspecified atom stereocenters. The number of aromatic nitrogens is 4. The first kappa shape index (κ1) is 20.7. The second-order valence-electron chi connectivity index (χ2n) is 8.46. The van der Waals surface area contributed by atoms with Gasteiger partial charge >= 0.3 is 0 Å². The first-order chi connectivity index (χ1) is 14.4. The van der Waals surface area contributed by atoms with Crippen molar-refractivity contribution in [2.24, 2.45) is 14.1 Å². The Bertz CT molecular complexity index is 981. The summed E-state index contributed by atoms with van der Waals surface area (Å²) >= 11 is 0. The predicted molar refractivity (Wildman–Crippen MR) is 118 cm³/mol. The lowest BCUT2D eigenvalue weighted by molar-refractivity contribution is 0.131. The third-order valence-electron chi connectivity index (χ3n) is 5.86. The topological polar surface area (TPSA) is 89.2 Å². The smallest absolute Gasteiger partial charge is 0.152 e. The Morgan fingerprint density at radius 3 is 2.63 bits per heavy atom. The number of nitrogens with one attached hydrogen (secondary N) is 2. The van der Waals surface area contributed by atoms with E-state index >= 15 is 0 Å². The maximum atomic E-state index is 9.46. The van der Waals surface area contributed by atoms with Crippen LogP contribution in [0.25, 0.3) is 11.0 Å².